The molecule has 0 saturated carbocycles. The zero-order chi connectivity index (χ0) is 17.3. The van der Waals surface area contributed by atoms with Crippen LogP contribution >= 0.6 is 0 Å². The molecule has 0 radical (unpaired) electrons. The Morgan fingerprint density at radius 3 is 2.61 bits per heavy atom. The fourth-order valence-electron chi connectivity index (χ4n) is 3.70. The fraction of sp³-hybridized carbons (Fsp3) is 1.00. The van der Waals surface area contributed by atoms with Crippen LogP contribution in [0.25, 0.3) is 0 Å². The summed E-state index contributed by atoms with van der Waals surface area (Å²) in [6.07, 6.45) is 1.16. The summed E-state index contributed by atoms with van der Waals surface area (Å²) in [5.74, 6) is 0.458. The molecule has 2 aliphatic heterocycles. The third-order valence-electron chi connectivity index (χ3n) is 4.47. The summed E-state index contributed by atoms with van der Waals surface area (Å²) in [6.45, 7) is 16.9. The van der Waals surface area contributed by atoms with Gasteiger partial charge in [0.1, 0.15) is 6.23 Å². The van der Waals surface area contributed by atoms with Gasteiger partial charge in [0.25, 0.3) is 19.3 Å². The van der Waals surface area contributed by atoms with Crippen molar-refractivity contribution in [2.24, 2.45) is 5.92 Å². The Bertz CT molecular complexity index is 403. The van der Waals surface area contributed by atoms with Gasteiger partial charge in [-0.25, -0.2) is 0 Å². The van der Waals surface area contributed by atoms with E-state index in [1.807, 2.05) is 0 Å². The first-order valence-electron chi connectivity index (χ1n) is 8.69. The van der Waals surface area contributed by atoms with Gasteiger partial charge in [-0.1, -0.05) is 20.8 Å². The molecule has 4 atom stereocenters. The molecule has 2 heterocycles. The van der Waals surface area contributed by atoms with Crippen LogP contribution in [0.15, 0.2) is 0 Å². The Kier molecular flexibility index (Phi) is 6.84. The molecular weight excluding hydrogens is 362 g/mol. The van der Waals surface area contributed by atoms with Crippen molar-refractivity contribution < 1.29 is 21.2 Å². The summed E-state index contributed by atoms with van der Waals surface area (Å²) < 4.78 is 31.1. The second-order valence-electron chi connectivity index (χ2n) is 7.30. The van der Waals surface area contributed by atoms with Gasteiger partial charge in [0.2, 0.25) is 0 Å². The minimum absolute atomic E-state index is 0.156. The minimum Gasteiger partial charge on any atom is -0.423 e. The lowest BCUT2D eigenvalue weighted by molar-refractivity contribution is -0.0148. The highest BCUT2D eigenvalue weighted by molar-refractivity contribution is 6.85. The maximum atomic E-state index is 6.66. The number of rotatable bonds is 4. The quantitative estimate of drug-likeness (QED) is 0.669. The molecule has 0 spiro atoms. The Labute approximate surface area is 147 Å². The molecule has 23 heavy (non-hydrogen) atoms. The maximum absolute atomic E-state index is 6.66. The predicted molar refractivity (Wildman–Crippen MR) is 100 cm³/mol. The van der Waals surface area contributed by atoms with Crippen LogP contribution in [0.5, 0.6) is 0 Å². The molecule has 0 bridgehead atoms. The van der Waals surface area contributed by atoms with Gasteiger partial charge in [-0.05, 0) is 38.5 Å². The molecular formula is C13H33NO5Si4. The van der Waals surface area contributed by atoms with Crippen molar-refractivity contribution >= 4 is 36.4 Å². The highest BCUT2D eigenvalue weighted by atomic mass is 28.5. The van der Waals surface area contributed by atoms with Gasteiger partial charge in [-0.2, -0.15) is 0 Å². The molecule has 2 saturated heterocycles. The van der Waals surface area contributed by atoms with Gasteiger partial charge in [0, 0.05) is 6.54 Å². The number of hydrogen-bond donors (Lipinski definition) is 0. The van der Waals surface area contributed by atoms with E-state index in [0.717, 1.165) is 19.6 Å². The second-order valence-corrected chi connectivity index (χ2v) is 18.4. The molecule has 136 valence electrons. The summed E-state index contributed by atoms with van der Waals surface area (Å²) in [5, 5.41) is 0. The van der Waals surface area contributed by atoms with Crippen molar-refractivity contribution in [3.63, 3.8) is 0 Å². The maximum Gasteiger partial charge on any atom is 0.334 e. The lowest BCUT2D eigenvalue weighted by atomic mass is 10.1. The van der Waals surface area contributed by atoms with Crippen LogP contribution in [0.4, 0.5) is 0 Å². The van der Waals surface area contributed by atoms with Gasteiger partial charge in [-0.15, -0.1) is 0 Å². The first-order chi connectivity index (χ1) is 10.7. The third kappa shape index (κ3) is 4.83. The molecule has 0 aromatic rings. The molecule has 10 heteroatoms. The lowest BCUT2D eigenvalue weighted by Gasteiger charge is -2.46. The van der Waals surface area contributed by atoms with E-state index in [2.05, 4.69) is 51.9 Å². The van der Waals surface area contributed by atoms with Crippen LogP contribution in [-0.2, 0) is 21.2 Å². The van der Waals surface area contributed by atoms with E-state index in [1.165, 1.54) is 0 Å². The lowest BCUT2D eigenvalue weighted by Crippen LogP contribution is -2.66. The first-order valence-corrected chi connectivity index (χ1v) is 17.2. The van der Waals surface area contributed by atoms with Crippen molar-refractivity contribution in [1.82, 2.24) is 4.90 Å². The van der Waals surface area contributed by atoms with Crippen LogP contribution in [0.2, 0.25) is 26.2 Å². The summed E-state index contributed by atoms with van der Waals surface area (Å²) in [6, 6.07) is 0. The summed E-state index contributed by atoms with van der Waals surface area (Å²) in [7, 11) is -7.27. The molecule has 0 aromatic carbocycles. The summed E-state index contributed by atoms with van der Waals surface area (Å²) in [5.41, 5.74) is 0.277. The largest absolute Gasteiger partial charge is 0.423 e. The van der Waals surface area contributed by atoms with E-state index in [0.29, 0.717) is 5.92 Å². The Balaban J connectivity index is 2.23. The minimum atomic E-state index is -2.42. The number of ether oxygens (including phenoxy) is 1. The molecule has 2 rings (SSSR count). The Morgan fingerprint density at radius 1 is 1.30 bits per heavy atom. The van der Waals surface area contributed by atoms with Crippen molar-refractivity contribution in [2.75, 3.05) is 13.2 Å². The van der Waals surface area contributed by atoms with Crippen LogP contribution < -0.4 is 0 Å². The van der Waals surface area contributed by atoms with Crippen molar-refractivity contribution in [3.05, 3.63) is 0 Å². The van der Waals surface area contributed by atoms with Crippen LogP contribution in [0, 0.1) is 5.92 Å². The highest BCUT2D eigenvalue weighted by Crippen LogP contribution is 2.31. The molecule has 2 aliphatic rings. The van der Waals surface area contributed by atoms with Crippen LogP contribution in [0.3, 0.4) is 0 Å². The summed E-state index contributed by atoms with van der Waals surface area (Å²) in [4.78, 5) is 2.47. The van der Waals surface area contributed by atoms with E-state index in [9.17, 15) is 0 Å². The zero-order valence-corrected chi connectivity index (χ0v) is 20.2. The van der Waals surface area contributed by atoms with Crippen molar-refractivity contribution in [2.45, 2.75) is 65.3 Å². The molecule has 4 unspecified atom stereocenters. The van der Waals surface area contributed by atoms with E-state index < -0.39 is 36.4 Å². The summed E-state index contributed by atoms with van der Waals surface area (Å²) >= 11 is 0. The second kappa shape index (κ2) is 7.89. The number of nitrogens with zero attached hydrogens (tertiary/aromatic N) is 1. The van der Waals surface area contributed by atoms with Gasteiger partial charge < -0.3 is 21.2 Å². The topological polar surface area (TPSA) is 49.4 Å². The highest BCUT2D eigenvalue weighted by Gasteiger charge is 2.52. The Morgan fingerprint density at radius 2 is 2.00 bits per heavy atom. The van der Waals surface area contributed by atoms with Crippen LogP contribution in [-0.4, -0.2) is 66.4 Å². The van der Waals surface area contributed by atoms with Gasteiger partial charge in [0.15, 0.2) is 0 Å². The smallest absolute Gasteiger partial charge is 0.334 e. The van der Waals surface area contributed by atoms with E-state index >= 15 is 0 Å². The van der Waals surface area contributed by atoms with Gasteiger partial charge in [0.05, 0.1) is 12.3 Å². The molecule has 0 aliphatic carbocycles. The van der Waals surface area contributed by atoms with Gasteiger partial charge in [-0.3, -0.25) is 4.90 Å². The average molecular weight is 396 g/mol. The third-order valence-corrected chi connectivity index (χ3v) is 18.8. The fourth-order valence-corrected chi connectivity index (χ4v) is 18.6. The van der Waals surface area contributed by atoms with Crippen LogP contribution in [0.1, 0.15) is 27.2 Å². The molecule has 0 amide bonds. The van der Waals surface area contributed by atoms with Crippen molar-refractivity contribution in [3.8, 4) is 0 Å². The van der Waals surface area contributed by atoms with E-state index in [4.69, 9.17) is 21.2 Å². The predicted octanol–water partition coefficient (Wildman–Crippen LogP) is 1.32. The normalized spacial score (nSPS) is 38.6. The first kappa shape index (κ1) is 19.9. The van der Waals surface area contributed by atoms with E-state index in [1.54, 1.807) is 0 Å². The zero-order valence-electron chi connectivity index (χ0n) is 15.6. The van der Waals surface area contributed by atoms with E-state index in [-0.39, 0.29) is 11.9 Å². The SMILES string of the molecule is CCC(N1CCOC1C(C)C)[Si]1(C)O[SiH2]O[SiH](C)O[Si](C)(C)O1. The Hall–Kier alpha value is 0.628. The standard InChI is InChI=1S/C13H33NO5Si4/c1-8-12(14-9-10-15-13(14)11(2)3)23(7)17-20-16-21(4)18-22(5,6)19-23/h11-13,21H,8-10,20H2,1-7H3. The monoisotopic (exact) mass is 395 g/mol. The molecule has 6 nitrogen and oxygen atoms in total. The average Bonchev–Trinajstić information content (AvgIpc) is 2.85. The molecule has 0 aromatic heterocycles. The molecule has 2 fully saturated rings. The number of hydrogen-bond acceptors (Lipinski definition) is 6. The molecule has 0 N–H and O–H groups in total. The van der Waals surface area contributed by atoms with Crippen molar-refractivity contribution in [1.29, 1.82) is 0 Å². The van der Waals surface area contributed by atoms with Gasteiger partial charge >= 0.3 is 17.1 Å².